The van der Waals surface area contributed by atoms with Crippen LogP contribution in [0.5, 0.6) is 11.5 Å². The first-order valence-electron chi connectivity index (χ1n) is 9.11. The van der Waals surface area contributed by atoms with E-state index < -0.39 is 0 Å². The van der Waals surface area contributed by atoms with Gasteiger partial charge in [0.15, 0.2) is 11.5 Å². The van der Waals surface area contributed by atoms with Crippen molar-refractivity contribution in [3.8, 4) is 22.6 Å². The van der Waals surface area contributed by atoms with Crippen LogP contribution in [0, 0.1) is 0 Å². The molecule has 0 bridgehead atoms. The van der Waals surface area contributed by atoms with Gasteiger partial charge in [-0.05, 0) is 53.8 Å². The van der Waals surface area contributed by atoms with Crippen LogP contribution in [-0.4, -0.2) is 30.7 Å². The van der Waals surface area contributed by atoms with Crippen molar-refractivity contribution in [3.05, 3.63) is 71.8 Å². The maximum absolute atomic E-state index is 5.50. The van der Waals surface area contributed by atoms with Crippen LogP contribution in [-0.2, 0) is 12.8 Å². The van der Waals surface area contributed by atoms with Crippen LogP contribution in [0.4, 0.5) is 0 Å². The van der Waals surface area contributed by atoms with Gasteiger partial charge in [-0.1, -0.05) is 24.3 Å². The summed E-state index contributed by atoms with van der Waals surface area (Å²) in [5.74, 6) is 1.58. The first kappa shape index (κ1) is 20.1. The van der Waals surface area contributed by atoms with Gasteiger partial charge in [-0.15, -0.1) is 12.4 Å². The molecule has 6 heteroatoms. The lowest BCUT2D eigenvalue weighted by molar-refractivity contribution is 0.352. The summed E-state index contributed by atoms with van der Waals surface area (Å²) in [6, 6.07) is 13.1. The zero-order valence-corrected chi connectivity index (χ0v) is 16.8. The summed E-state index contributed by atoms with van der Waals surface area (Å²) in [4.78, 5) is 8.18. The summed E-state index contributed by atoms with van der Waals surface area (Å²) in [7, 11) is 3.36. The molecule has 3 aromatic rings. The highest BCUT2D eigenvalue weighted by atomic mass is 35.5. The molecule has 2 aromatic carbocycles. The molecule has 0 amide bonds. The largest absolute Gasteiger partial charge is 0.493 e. The Labute approximate surface area is 171 Å². The zero-order valence-electron chi connectivity index (χ0n) is 16.0. The molecule has 0 spiro atoms. The van der Waals surface area contributed by atoms with Crippen molar-refractivity contribution in [2.75, 3.05) is 20.8 Å². The molecule has 5 nitrogen and oxygen atoms in total. The van der Waals surface area contributed by atoms with Crippen molar-refractivity contribution in [2.24, 2.45) is 0 Å². The average Bonchev–Trinajstić information content (AvgIpc) is 2.74. The number of nitrogens with one attached hydrogen (secondary N) is 1. The summed E-state index contributed by atoms with van der Waals surface area (Å²) in [6.07, 6.45) is 7.14. The van der Waals surface area contributed by atoms with Crippen molar-refractivity contribution in [3.63, 3.8) is 0 Å². The van der Waals surface area contributed by atoms with Gasteiger partial charge in [0, 0.05) is 24.0 Å². The van der Waals surface area contributed by atoms with Gasteiger partial charge in [-0.3, -0.25) is 0 Å². The third-order valence-corrected chi connectivity index (χ3v) is 5.09. The van der Waals surface area contributed by atoms with Crippen molar-refractivity contribution in [1.82, 2.24) is 15.3 Å². The van der Waals surface area contributed by atoms with E-state index in [1.165, 1.54) is 16.7 Å². The molecule has 1 aromatic heterocycles. The smallest absolute Gasteiger partial charge is 0.161 e. The number of methoxy groups -OCH3 is 2. The van der Waals surface area contributed by atoms with Gasteiger partial charge in [-0.2, -0.15) is 0 Å². The number of hydrogen-bond donors (Lipinski definition) is 1. The SMILES string of the molecule is COc1cc2c(cc1OC)C(Cc1ccc(-c3cncnc3)cc1)NCC2.Cl. The van der Waals surface area contributed by atoms with E-state index in [4.69, 9.17) is 9.47 Å². The third-order valence-electron chi connectivity index (χ3n) is 5.09. The third kappa shape index (κ3) is 4.11. The Morgan fingerprint density at radius 1 is 0.964 bits per heavy atom. The molecule has 1 unspecified atom stereocenters. The van der Waals surface area contributed by atoms with E-state index in [-0.39, 0.29) is 18.4 Å². The summed E-state index contributed by atoms with van der Waals surface area (Å²) < 4.78 is 11.0. The Kier molecular flexibility index (Phi) is 6.49. The molecular weight excluding hydrogens is 374 g/mol. The summed E-state index contributed by atoms with van der Waals surface area (Å²) in [5, 5.41) is 3.64. The van der Waals surface area contributed by atoms with E-state index in [2.05, 4.69) is 51.7 Å². The van der Waals surface area contributed by atoms with Crippen molar-refractivity contribution < 1.29 is 9.47 Å². The zero-order chi connectivity index (χ0) is 18.6. The number of benzene rings is 2. The number of ether oxygens (including phenoxy) is 2. The summed E-state index contributed by atoms with van der Waals surface area (Å²) >= 11 is 0. The lowest BCUT2D eigenvalue weighted by Gasteiger charge is -2.28. The minimum atomic E-state index is 0. The molecule has 4 rings (SSSR count). The number of nitrogens with zero attached hydrogens (tertiary/aromatic N) is 2. The molecule has 0 radical (unpaired) electrons. The molecule has 1 atom stereocenters. The summed E-state index contributed by atoms with van der Waals surface area (Å²) in [5.41, 5.74) is 6.06. The van der Waals surface area contributed by atoms with Crippen molar-refractivity contribution >= 4 is 12.4 Å². The Morgan fingerprint density at radius 2 is 1.64 bits per heavy atom. The van der Waals surface area contributed by atoms with Crippen molar-refractivity contribution in [2.45, 2.75) is 18.9 Å². The van der Waals surface area contributed by atoms with Gasteiger partial charge < -0.3 is 14.8 Å². The van der Waals surface area contributed by atoms with E-state index in [9.17, 15) is 0 Å². The number of rotatable bonds is 5. The quantitative estimate of drug-likeness (QED) is 0.704. The second kappa shape index (κ2) is 9.04. The number of fused-ring (bicyclic) bond motifs is 1. The van der Waals surface area contributed by atoms with E-state index in [0.29, 0.717) is 0 Å². The maximum Gasteiger partial charge on any atom is 0.161 e. The molecule has 1 aliphatic rings. The van der Waals surface area contributed by atoms with E-state index in [1.807, 2.05) is 12.4 Å². The Balaban J connectivity index is 0.00000225. The van der Waals surface area contributed by atoms with Gasteiger partial charge in [0.25, 0.3) is 0 Å². The van der Waals surface area contributed by atoms with E-state index >= 15 is 0 Å². The standard InChI is InChI=1S/C22H23N3O2.ClH/c1-26-21-10-17-7-8-25-20(19(17)11-22(21)27-2)9-15-3-5-16(6-4-15)18-12-23-14-24-13-18;/h3-6,10-14,20,25H,7-9H2,1-2H3;1H. The molecule has 0 saturated carbocycles. The molecule has 0 saturated heterocycles. The number of hydrogen-bond acceptors (Lipinski definition) is 5. The lowest BCUT2D eigenvalue weighted by atomic mass is 9.89. The fourth-order valence-electron chi connectivity index (χ4n) is 3.67. The Hall–Kier alpha value is -2.63. The van der Waals surface area contributed by atoms with Crippen LogP contribution < -0.4 is 14.8 Å². The van der Waals surface area contributed by atoms with Gasteiger partial charge in [-0.25, -0.2) is 9.97 Å². The maximum atomic E-state index is 5.50. The molecule has 1 aliphatic heterocycles. The van der Waals surface area contributed by atoms with Crippen LogP contribution in [0.25, 0.3) is 11.1 Å². The monoisotopic (exact) mass is 397 g/mol. The first-order chi connectivity index (χ1) is 13.3. The van der Waals surface area contributed by atoms with Crippen molar-refractivity contribution in [1.29, 1.82) is 0 Å². The highest BCUT2D eigenvalue weighted by Gasteiger charge is 2.22. The van der Waals surface area contributed by atoms with Crippen LogP contribution in [0.2, 0.25) is 0 Å². The highest BCUT2D eigenvalue weighted by Crippen LogP contribution is 2.36. The number of aromatic nitrogens is 2. The lowest BCUT2D eigenvalue weighted by Crippen LogP contribution is -2.31. The van der Waals surface area contributed by atoms with Crippen LogP contribution in [0.1, 0.15) is 22.7 Å². The topological polar surface area (TPSA) is 56.3 Å². The van der Waals surface area contributed by atoms with Crippen LogP contribution in [0.15, 0.2) is 55.1 Å². The summed E-state index contributed by atoms with van der Waals surface area (Å²) in [6.45, 7) is 0.965. The normalized spacial score (nSPS) is 15.3. The van der Waals surface area contributed by atoms with E-state index in [0.717, 1.165) is 42.0 Å². The predicted octanol–water partition coefficient (Wildman–Crippen LogP) is 4.01. The van der Waals surface area contributed by atoms with Gasteiger partial charge in [0.2, 0.25) is 0 Å². The predicted molar refractivity (Wildman–Crippen MR) is 112 cm³/mol. The van der Waals surface area contributed by atoms with Gasteiger partial charge in [0.05, 0.1) is 14.2 Å². The molecule has 2 heterocycles. The van der Waals surface area contributed by atoms with Gasteiger partial charge >= 0.3 is 0 Å². The minimum absolute atomic E-state index is 0. The molecule has 28 heavy (non-hydrogen) atoms. The van der Waals surface area contributed by atoms with E-state index in [1.54, 1.807) is 20.5 Å². The van der Waals surface area contributed by atoms with Gasteiger partial charge in [0.1, 0.15) is 6.33 Å². The average molecular weight is 398 g/mol. The molecule has 1 N–H and O–H groups in total. The van der Waals surface area contributed by atoms with Crippen LogP contribution in [0.3, 0.4) is 0 Å². The highest BCUT2D eigenvalue weighted by molar-refractivity contribution is 5.85. The second-order valence-corrected chi connectivity index (χ2v) is 6.69. The Bertz CT molecular complexity index is 917. The molecule has 0 fully saturated rings. The second-order valence-electron chi connectivity index (χ2n) is 6.69. The molecular formula is C22H24ClN3O2. The number of halogens is 1. The fraction of sp³-hybridized carbons (Fsp3) is 0.273. The Morgan fingerprint density at radius 3 is 2.32 bits per heavy atom. The first-order valence-corrected chi connectivity index (χ1v) is 9.11. The molecule has 0 aliphatic carbocycles. The molecule has 146 valence electrons. The minimum Gasteiger partial charge on any atom is -0.493 e. The fourth-order valence-corrected chi connectivity index (χ4v) is 3.67. The van der Waals surface area contributed by atoms with Crippen LogP contribution >= 0.6 is 12.4 Å².